The van der Waals surface area contributed by atoms with Crippen LogP contribution in [0, 0.1) is 11.3 Å². The first-order valence-corrected chi connectivity index (χ1v) is 12.7. The van der Waals surface area contributed by atoms with Crippen molar-refractivity contribution in [3.8, 4) is 28.8 Å². The van der Waals surface area contributed by atoms with E-state index in [1.165, 1.54) is 23.9 Å². The minimum absolute atomic E-state index is 0.0217. The Labute approximate surface area is 217 Å². The molecule has 3 aromatic carbocycles. The minimum Gasteiger partial charge on any atom is -0.497 e. The Balaban J connectivity index is 1.80. The van der Waals surface area contributed by atoms with Gasteiger partial charge < -0.3 is 4.74 Å². The molecule has 0 amide bonds. The molecule has 0 aliphatic rings. The quantitative estimate of drug-likeness (QED) is 0.313. The summed E-state index contributed by atoms with van der Waals surface area (Å²) < 4.78 is 34.9. The Kier molecular flexibility index (Phi) is 7.36. The average Bonchev–Trinajstić information content (AvgIpc) is 3.21. The zero-order chi connectivity index (χ0) is 25.2. The van der Waals surface area contributed by atoms with Gasteiger partial charge in [0, 0.05) is 21.7 Å². The molecule has 7 nitrogen and oxygen atoms in total. The molecular weight excluding hydrogens is 531 g/mol. The highest BCUT2D eigenvalue weighted by Crippen LogP contribution is 2.33. The second-order valence-corrected chi connectivity index (χ2v) is 10.3. The van der Waals surface area contributed by atoms with Gasteiger partial charge in [0.2, 0.25) is 10.0 Å². The lowest BCUT2D eigenvalue weighted by Gasteiger charge is -2.10. The summed E-state index contributed by atoms with van der Waals surface area (Å²) in [5.41, 5.74) is 1.95. The van der Waals surface area contributed by atoms with E-state index in [1.807, 2.05) is 0 Å². The number of halogens is 3. The van der Waals surface area contributed by atoms with Crippen molar-refractivity contribution in [1.82, 2.24) is 14.5 Å². The molecule has 4 rings (SSSR count). The second kappa shape index (κ2) is 10.3. The zero-order valence-electron chi connectivity index (χ0n) is 18.2. The van der Waals surface area contributed by atoms with Crippen LogP contribution in [0.25, 0.3) is 16.9 Å². The van der Waals surface area contributed by atoms with Gasteiger partial charge in [-0.25, -0.2) is 17.8 Å². The predicted octanol–water partition coefficient (Wildman–Crippen LogP) is 5.86. The molecule has 1 aromatic heterocycles. The summed E-state index contributed by atoms with van der Waals surface area (Å²) >= 11 is 18.5. The number of aromatic nitrogens is 2. The normalized spacial score (nSPS) is 11.3. The zero-order valence-corrected chi connectivity index (χ0v) is 21.3. The van der Waals surface area contributed by atoms with Crippen LogP contribution in [0.15, 0.2) is 71.6 Å². The lowest BCUT2D eigenvalue weighted by molar-refractivity contribution is 0.413. The number of nitriles is 1. The summed E-state index contributed by atoms with van der Waals surface area (Å²) in [6.07, 6.45) is 0. The molecule has 0 saturated carbocycles. The molecule has 0 saturated heterocycles. The Morgan fingerprint density at radius 1 is 1.03 bits per heavy atom. The van der Waals surface area contributed by atoms with Crippen LogP contribution in [0.3, 0.4) is 0 Å². The number of hydrogen-bond donors (Lipinski definition) is 1. The van der Waals surface area contributed by atoms with Gasteiger partial charge in [-0.15, -0.1) is 0 Å². The van der Waals surface area contributed by atoms with Crippen LogP contribution >= 0.6 is 34.8 Å². The second-order valence-electron chi connectivity index (χ2n) is 7.30. The van der Waals surface area contributed by atoms with Crippen molar-refractivity contribution in [3.63, 3.8) is 0 Å². The first-order valence-electron chi connectivity index (χ1n) is 10.1. The number of benzene rings is 3. The summed E-state index contributed by atoms with van der Waals surface area (Å²) in [5.74, 6) is 0.400. The van der Waals surface area contributed by atoms with Gasteiger partial charge in [-0.2, -0.15) is 10.4 Å². The third-order valence-corrected chi connectivity index (χ3v) is 7.30. The van der Waals surface area contributed by atoms with Gasteiger partial charge in [-0.3, -0.25) is 0 Å². The molecule has 1 N–H and O–H groups in total. The van der Waals surface area contributed by atoms with E-state index in [9.17, 15) is 13.7 Å². The maximum atomic E-state index is 12.9. The maximum Gasteiger partial charge on any atom is 0.241 e. The molecular formula is C24H17Cl3N4O3S. The number of sulfonamides is 1. The van der Waals surface area contributed by atoms with Crippen LogP contribution < -0.4 is 9.46 Å². The van der Waals surface area contributed by atoms with Gasteiger partial charge in [0.25, 0.3) is 0 Å². The molecule has 11 heteroatoms. The summed E-state index contributed by atoms with van der Waals surface area (Å²) in [6, 6.07) is 19.9. The number of hydrogen-bond acceptors (Lipinski definition) is 5. The molecule has 178 valence electrons. The number of nitrogens with zero attached hydrogens (tertiary/aromatic N) is 3. The fraction of sp³-hybridized carbons (Fsp3) is 0.0833. The first kappa shape index (κ1) is 25.0. The largest absolute Gasteiger partial charge is 0.497 e. The van der Waals surface area contributed by atoms with E-state index in [0.717, 1.165) is 0 Å². The van der Waals surface area contributed by atoms with Gasteiger partial charge >= 0.3 is 0 Å². The number of rotatable bonds is 7. The molecule has 0 spiro atoms. The summed E-state index contributed by atoms with van der Waals surface area (Å²) in [6.45, 7) is -0.235. The van der Waals surface area contributed by atoms with Crippen LogP contribution in [0.5, 0.6) is 5.75 Å². The van der Waals surface area contributed by atoms with Gasteiger partial charge in [0.15, 0.2) is 0 Å². The van der Waals surface area contributed by atoms with Crippen molar-refractivity contribution in [2.75, 3.05) is 7.11 Å². The Morgan fingerprint density at radius 3 is 2.40 bits per heavy atom. The van der Waals surface area contributed by atoms with Crippen molar-refractivity contribution < 1.29 is 13.2 Å². The molecule has 0 unspecified atom stereocenters. The van der Waals surface area contributed by atoms with E-state index in [-0.39, 0.29) is 22.7 Å². The Bertz CT molecular complexity index is 1550. The highest BCUT2D eigenvalue weighted by molar-refractivity contribution is 7.89. The third-order valence-electron chi connectivity index (χ3n) is 5.11. The van der Waals surface area contributed by atoms with Crippen LogP contribution in [0.1, 0.15) is 11.3 Å². The average molecular weight is 548 g/mol. The molecule has 0 aliphatic heterocycles. The molecule has 0 radical (unpaired) electrons. The van der Waals surface area contributed by atoms with Gasteiger partial charge in [-0.05, 0) is 42.5 Å². The van der Waals surface area contributed by atoms with Crippen molar-refractivity contribution >= 4 is 44.8 Å². The van der Waals surface area contributed by atoms with Crippen molar-refractivity contribution in [1.29, 1.82) is 5.26 Å². The Hall–Kier alpha value is -3.06. The van der Waals surface area contributed by atoms with E-state index in [1.54, 1.807) is 54.6 Å². The molecule has 4 aromatic rings. The molecule has 0 bridgehead atoms. The van der Waals surface area contributed by atoms with E-state index in [4.69, 9.17) is 39.5 Å². The fourth-order valence-corrected chi connectivity index (χ4v) is 5.06. The third kappa shape index (κ3) is 5.30. The number of methoxy groups -OCH3 is 1. The standard InChI is InChI=1S/C24H17Cl3N4O3S/c1-34-18-3-2-4-19(12-18)35(32,33)29-14-22-20(13-28)24(15-5-7-16(25)8-6-15)31(30-22)23-10-9-17(26)11-21(23)27/h2-12,29H,14H2,1H3. The van der Waals surface area contributed by atoms with E-state index < -0.39 is 10.0 Å². The lowest BCUT2D eigenvalue weighted by atomic mass is 10.1. The van der Waals surface area contributed by atoms with Crippen molar-refractivity contribution in [2.24, 2.45) is 0 Å². The fourth-order valence-electron chi connectivity index (χ4n) is 3.42. The van der Waals surface area contributed by atoms with Crippen LogP contribution in [-0.2, 0) is 16.6 Å². The van der Waals surface area contributed by atoms with Crippen molar-refractivity contribution in [3.05, 3.63) is 93.1 Å². The minimum atomic E-state index is -3.92. The Morgan fingerprint density at radius 2 is 1.74 bits per heavy atom. The molecule has 1 heterocycles. The van der Waals surface area contributed by atoms with Crippen molar-refractivity contribution in [2.45, 2.75) is 11.4 Å². The first-order chi connectivity index (χ1) is 16.7. The van der Waals surface area contributed by atoms with Gasteiger partial charge in [-0.1, -0.05) is 53.0 Å². The number of nitrogens with one attached hydrogen (secondary N) is 1. The smallest absolute Gasteiger partial charge is 0.241 e. The topological polar surface area (TPSA) is 97.0 Å². The summed E-state index contributed by atoms with van der Waals surface area (Å²) in [5, 5.41) is 15.8. The number of ether oxygens (including phenoxy) is 1. The molecule has 0 aliphatic carbocycles. The van der Waals surface area contributed by atoms with Crippen LogP contribution in [-0.4, -0.2) is 25.3 Å². The van der Waals surface area contributed by atoms with Crippen LogP contribution in [0.2, 0.25) is 15.1 Å². The highest BCUT2D eigenvalue weighted by atomic mass is 35.5. The monoisotopic (exact) mass is 546 g/mol. The SMILES string of the molecule is COc1cccc(S(=O)(=O)NCc2nn(-c3ccc(Cl)cc3Cl)c(-c3ccc(Cl)cc3)c2C#N)c1. The summed E-state index contributed by atoms with van der Waals surface area (Å²) in [7, 11) is -2.47. The van der Waals surface area contributed by atoms with E-state index >= 15 is 0 Å². The molecule has 0 fully saturated rings. The van der Waals surface area contributed by atoms with E-state index in [0.29, 0.717) is 37.8 Å². The van der Waals surface area contributed by atoms with Gasteiger partial charge in [0.1, 0.15) is 17.4 Å². The predicted molar refractivity (Wildman–Crippen MR) is 136 cm³/mol. The molecule has 0 atom stereocenters. The molecule has 35 heavy (non-hydrogen) atoms. The lowest BCUT2D eigenvalue weighted by Crippen LogP contribution is -2.24. The highest BCUT2D eigenvalue weighted by Gasteiger charge is 2.24. The maximum absolute atomic E-state index is 12.9. The van der Waals surface area contributed by atoms with Crippen LogP contribution in [0.4, 0.5) is 0 Å². The summed E-state index contributed by atoms with van der Waals surface area (Å²) in [4.78, 5) is 0.0217. The van der Waals surface area contributed by atoms with E-state index in [2.05, 4.69) is 15.9 Å². The van der Waals surface area contributed by atoms with Gasteiger partial charge in [0.05, 0.1) is 40.6 Å².